The molecule has 0 saturated carbocycles. The number of aliphatic hydroxyl groups excluding tert-OH is 1. The highest BCUT2D eigenvalue weighted by molar-refractivity contribution is 5.98. The van der Waals surface area contributed by atoms with Gasteiger partial charge in [0.05, 0.1) is 18.1 Å². The maximum atomic E-state index is 9.69. The summed E-state index contributed by atoms with van der Waals surface area (Å²) in [5.41, 5.74) is 1.09. The Bertz CT molecular complexity index is 341. The lowest BCUT2D eigenvalue weighted by Gasteiger charge is -2.20. The molecule has 0 radical (unpaired) electrons. The van der Waals surface area contributed by atoms with Gasteiger partial charge in [0.1, 0.15) is 5.84 Å². The Morgan fingerprint density at radius 1 is 1.62 bits per heavy atom. The molecule has 0 aromatic heterocycles. The molecule has 88 valence electrons. The van der Waals surface area contributed by atoms with Crippen molar-refractivity contribution in [1.29, 1.82) is 5.26 Å². The summed E-state index contributed by atoms with van der Waals surface area (Å²) in [7, 11) is 0. The van der Waals surface area contributed by atoms with Crippen molar-refractivity contribution in [1.82, 2.24) is 4.90 Å². The predicted molar refractivity (Wildman–Crippen MR) is 64.1 cm³/mol. The van der Waals surface area contributed by atoms with Crippen LogP contribution in [-0.2, 0) is 0 Å². The van der Waals surface area contributed by atoms with E-state index in [0.717, 1.165) is 11.4 Å². The van der Waals surface area contributed by atoms with Gasteiger partial charge in [-0.1, -0.05) is 6.08 Å². The lowest BCUT2D eigenvalue weighted by Crippen LogP contribution is -2.30. The van der Waals surface area contributed by atoms with Gasteiger partial charge in [-0.15, -0.1) is 0 Å². The molecule has 2 unspecified atom stereocenters. The van der Waals surface area contributed by atoms with Gasteiger partial charge in [-0.2, -0.15) is 5.26 Å². The van der Waals surface area contributed by atoms with Crippen molar-refractivity contribution in [3.63, 3.8) is 0 Å². The van der Waals surface area contributed by atoms with Crippen LogP contribution in [0.5, 0.6) is 0 Å². The van der Waals surface area contributed by atoms with Gasteiger partial charge in [-0.3, -0.25) is 4.99 Å². The Kier molecular flexibility index (Phi) is 4.51. The molecule has 0 amide bonds. The third-order valence-electron chi connectivity index (χ3n) is 2.85. The molecule has 1 saturated heterocycles. The van der Waals surface area contributed by atoms with Gasteiger partial charge in [0, 0.05) is 19.6 Å². The molecule has 2 atom stereocenters. The van der Waals surface area contributed by atoms with E-state index in [0.29, 0.717) is 19.6 Å². The van der Waals surface area contributed by atoms with Crippen LogP contribution in [0.1, 0.15) is 20.8 Å². The molecule has 0 spiro atoms. The summed E-state index contributed by atoms with van der Waals surface area (Å²) in [6.45, 7) is 7.74. The highest BCUT2D eigenvalue weighted by Crippen LogP contribution is 2.19. The molecule has 0 aromatic carbocycles. The molecular weight excluding hydrogens is 202 g/mol. The monoisotopic (exact) mass is 221 g/mol. The second kappa shape index (κ2) is 5.66. The summed E-state index contributed by atoms with van der Waals surface area (Å²) in [6, 6.07) is 2.13. The fourth-order valence-corrected chi connectivity index (χ4v) is 1.84. The van der Waals surface area contributed by atoms with Gasteiger partial charge in [0.25, 0.3) is 0 Å². The number of rotatable bonds is 2. The molecule has 1 aliphatic rings. The zero-order valence-corrected chi connectivity index (χ0v) is 10.1. The predicted octanol–water partition coefficient (Wildman–Crippen LogP) is 1.19. The van der Waals surface area contributed by atoms with E-state index in [1.54, 1.807) is 0 Å². The molecule has 0 aliphatic carbocycles. The van der Waals surface area contributed by atoms with Gasteiger partial charge in [0.2, 0.25) is 0 Å². The van der Waals surface area contributed by atoms with Crippen LogP contribution in [0.2, 0.25) is 0 Å². The molecular formula is C12H19N3O. The smallest absolute Gasteiger partial charge is 0.126 e. The first-order chi connectivity index (χ1) is 7.63. The summed E-state index contributed by atoms with van der Waals surface area (Å²) in [6.07, 6.45) is 1.44. The Hall–Kier alpha value is -1.34. The molecule has 1 rings (SSSR count). The Labute approximate surface area is 96.9 Å². The SMILES string of the molecule is CC=C(C)C(=NCC)N1CC(O)C(C#N)C1. The molecule has 4 nitrogen and oxygen atoms in total. The molecule has 1 aliphatic heterocycles. The lowest BCUT2D eigenvalue weighted by molar-refractivity contribution is 0.165. The van der Waals surface area contributed by atoms with Crippen molar-refractivity contribution in [3.05, 3.63) is 11.6 Å². The second-order valence-electron chi connectivity index (χ2n) is 3.98. The number of β-amino-alcohol motifs (C(OH)–C–C–N with tert-alkyl or cyclic N) is 1. The van der Waals surface area contributed by atoms with Crippen LogP contribution >= 0.6 is 0 Å². The van der Waals surface area contributed by atoms with Crippen LogP contribution in [0.3, 0.4) is 0 Å². The first kappa shape index (κ1) is 12.7. The van der Waals surface area contributed by atoms with Crippen LogP contribution in [0, 0.1) is 17.2 Å². The summed E-state index contributed by atoms with van der Waals surface area (Å²) in [4.78, 5) is 6.43. The number of hydrogen-bond acceptors (Lipinski definition) is 3. The minimum atomic E-state index is -0.559. The zero-order chi connectivity index (χ0) is 12.1. The molecule has 1 N–H and O–H groups in total. The molecule has 16 heavy (non-hydrogen) atoms. The number of amidine groups is 1. The van der Waals surface area contributed by atoms with E-state index in [4.69, 9.17) is 5.26 Å². The Morgan fingerprint density at radius 3 is 2.75 bits per heavy atom. The number of hydrogen-bond donors (Lipinski definition) is 1. The van der Waals surface area contributed by atoms with Gasteiger partial charge in [0.15, 0.2) is 0 Å². The number of allylic oxidation sites excluding steroid dienone is 1. The van der Waals surface area contributed by atoms with Gasteiger partial charge < -0.3 is 10.0 Å². The third-order valence-corrected chi connectivity index (χ3v) is 2.85. The van der Waals surface area contributed by atoms with Crippen molar-refractivity contribution in [2.45, 2.75) is 26.9 Å². The summed E-state index contributed by atoms with van der Waals surface area (Å²) < 4.78 is 0. The highest BCUT2D eigenvalue weighted by atomic mass is 16.3. The normalized spacial score (nSPS) is 27.1. The number of likely N-dealkylation sites (tertiary alicyclic amines) is 1. The average Bonchev–Trinajstić information content (AvgIpc) is 2.66. The van der Waals surface area contributed by atoms with E-state index >= 15 is 0 Å². The first-order valence-electron chi connectivity index (χ1n) is 5.64. The minimum absolute atomic E-state index is 0.299. The quantitative estimate of drug-likeness (QED) is 0.563. The van der Waals surface area contributed by atoms with E-state index in [2.05, 4.69) is 11.1 Å². The number of nitrogens with zero attached hydrogens (tertiary/aromatic N) is 3. The van der Waals surface area contributed by atoms with Crippen molar-refractivity contribution in [2.75, 3.05) is 19.6 Å². The third kappa shape index (κ3) is 2.61. The Morgan fingerprint density at radius 2 is 2.31 bits per heavy atom. The fourth-order valence-electron chi connectivity index (χ4n) is 1.84. The Balaban J connectivity index is 2.84. The van der Waals surface area contributed by atoms with Gasteiger partial charge in [-0.25, -0.2) is 0 Å². The van der Waals surface area contributed by atoms with E-state index in [-0.39, 0.29) is 5.92 Å². The van der Waals surface area contributed by atoms with Gasteiger partial charge >= 0.3 is 0 Å². The maximum absolute atomic E-state index is 9.69. The average molecular weight is 221 g/mol. The molecule has 0 bridgehead atoms. The summed E-state index contributed by atoms with van der Waals surface area (Å²) in [5.74, 6) is 0.605. The van der Waals surface area contributed by atoms with E-state index < -0.39 is 6.10 Å². The number of aliphatic imine (C=N–C) groups is 1. The molecule has 0 aromatic rings. The van der Waals surface area contributed by atoms with Crippen molar-refractivity contribution < 1.29 is 5.11 Å². The highest BCUT2D eigenvalue weighted by Gasteiger charge is 2.33. The summed E-state index contributed by atoms with van der Waals surface area (Å²) in [5, 5.41) is 18.6. The summed E-state index contributed by atoms with van der Waals surface area (Å²) >= 11 is 0. The molecule has 4 heteroatoms. The van der Waals surface area contributed by atoms with Gasteiger partial charge in [-0.05, 0) is 26.3 Å². The topological polar surface area (TPSA) is 59.6 Å². The van der Waals surface area contributed by atoms with Crippen LogP contribution < -0.4 is 0 Å². The van der Waals surface area contributed by atoms with Crippen LogP contribution in [0.15, 0.2) is 16.6 Å². The number of aliphatic hydroxyl groups is 1. The lowest BCUT2D eigenvalue weighted by atomic mass is 10.1. The standard InChI is InChI=1S/C12H19N3O/c1-4-9(3)12(14-5-2)15-7-10(6-13)11(16)8-15/h4,10-11,16H,5,7-8H2,1-3H3. The van der Waals surface area contributed by atoms with Crippen molar-refractivity contribution >= 4 is 5.84 Å². The fraction of sp³-hybridized carbons (Fsp3) is 0.667. The van der Waals surface area contributed by atoms with E-state index in [1.165, 1.54) is 0 Å². The van der Waals surface area contributed by atoms with Crippen molar-refractivity contribution in [3.8, 4) is 6.07 Å². The second-order valence-corrected chi connectivity index (χ2v) is 3.98. The van der Waals surface area contributed by atoms with Crippen LogP contribution in [0.4, 0.5) is 0 Å². The minimum Gasteiger partial charge on any atom is -0.390 e. The van der Waals surface area contributed by atoms with E-state index in [9.17, 15) is 5.11 Å². The van der Waals surface area contributed by atoms with Crippen LogP contribution in [0.25, 0.3) is 0 Å². The first-order valence-corrected chi connectivity index (χ1v) is 5.64. The van der Waals surface area contributed by atoms with Crippen LogP contribution in [-0.4, -0.2) is 41.6 Å². The molecule has 1 heterocycles. The zero-order valence-electron chi connectivity index (χ0n) is 10.1. The van der Waals surface area contributed by atoms with Crippen molar-refractivity contribution in [2.24, 2.45) is 10.9 Å². The number of nitriles is 1. The maximum Gasteiger partial charge on any atom is 0.126 e. The largest absolute Gasteiger partial charge is 0.390 e. The van der Waals surface area contributed by atoms with E-state index in [1.807, 2.05) is 31.7 Å². The molecule has 1 fully saturated rings.